The number of pyridine rings is 2. The van der Waals surface area contributed by atoms with E-state index >= 15 is 0 Å². The topological polar surface area (TPSA) is 104 Å². The van der Waals surface area contributed by atoms with Gasteiger partial charge in [0.1, 0.15) is 11.6 Å². The third-order valence-corrected chi connectivity index (χ3v) is 8.95. The van der Waals surface area contributed by atoms with Crippen LogP contribution >= 0.6 is 0 Å². The molecule has 8 nitrogen and oxygen atoms in total. The number of hydrogen-bond donors (Lipinski definition) is 2. The van der Waals surface area contributed by atoms with E-state index in [4.69, 9.17) is 4.98 Å². The van der Waals surface area contributed by atoms with Gasteiger partial charge in [0, 0.05) is 23.2 Å². The number of nitrogens with one attached hydrogen (secondary N) is 2. The molecule has 0 unspecified atom stereocenters. The summed E-state index contributed by atoms with van der Waals surface area (Å²) in [4.78, 5) is 25.1. The van der Waals surface area contributed by atoms with Crippen LogP contribution in [0.1, 0.15) is 81.5 Å². The summed E-state index contributed by atoms with van der Waals surface area (Å²) in [6, 6.07) is 18.4. The Balaban J connectivity index is 1.63. The van der Waals surface area contributed by atoms with Gasteiger partial charge < -0.3 is 10.2 Å². The van der Waals surface area contributed by atoms with Crippen molar-refractivity contribution in [1.82, 2.24) is 14.7 Å². The van der Waals surface area contributed by atoms with E-state index in [1.807, 2.05) is 24.3 Å². The third kappa shape index (κ3) is 5.64. The van der Waals surface area contributed by atoms with Crippen LogP contribution in [0.3, 0.4) is 0 Å². The third-order valence-electron chi connectivity index (χ3n) is 7.72. The summed E-state index contributed by atoms with van der Waals surface area (Å²) >= 11 is 0. The molecular formula is C30H37N5O3S. The van der Waals surface area contributed by atoms with Crippen LogP contribution < -0.4 is 14.9 Å². The molecule has 2 aliphatic rings. The fourth-order valence-corrected chi connectivity index (χ4v) is 6.60. The second-order valence-electron chi connectivity index (χ2n) is 12.3. The second kappa shape index (κ2) is 9.93. The average Bonchev–Trinajstić information content (AvgIpc) is 3.19. The van der Waals surface area contributed by atoms with Crippen molar-refractivity contribution in [3.05, 3.63) is 77.5 Å². The zero-order chi connectivity index (χ0) is 28.0. The lowest BCUT2D eigenvalue weighted by atomic mass is 9.90. The molecule has 3 aromatic rings. The van der Waals surface area contributed by atoms with E-state index in [0.29, 0.717) is 17.6 Å². The quantitative estimate of drug-likeness (QED) is 0.418. The molecule has 0 saturated carbocycles. The van der Waals surface area contributed by atoms with Crippen molar-refractivity contribution < 1.29 is 13.2 Å². The Labute approximate surface area is 231 Å². The number of aromatic nitrogens is 2. The van der Waals surface area contributed by atoms with E-state index in [0.717, 1.165) is 37.1 Å². The maximum absolute atomic E-state index is 13.5. The second-order valence-corrected chi connectivity index (χ2v) is 13.9. The maximum atomic E-state index is 13.5. The highest BCUT2D eigenvalue weighted by atomic mass is 32.2. The Morgan fingerprint density at radius 2 is 1.69 bits per heavy atom. The van der Waals surface area contributed by atoms with Gasteiger partial charge in [0.2, 0.25) is 0 Å². The number of carbonyl (C=O) groups excluding carboxylic acids is 1. The molecule has 0 spiro atoms. The molecule has 1 aromatic carbocycles. The molecule has 0 aliphatic carbocycles. The SMILES string of the molecule is CC(C)(C)c1ccc2c(n1)N1C[C@@H](CC[C@@H](c3ccccc3)Nc3cccc(n3)S(=O)(=O)NC2=O)CC1(C)C. The number of nitrogens with zero attached hydrogens (tertiary/aromatic N) is 3. The number of benzene rings is 1. The maximum Gasteiger partial charge on any atom is 0.281 e. The average molecular weight is 548 g/mol. The Hall–Kier alpha value is -3.46. The van der Waals surface area contributed by atoms with E-state index in [9.17, 15) is 13.2 Å². The summed E-state index contributed by atoms with van der Waals surface area (Å²) in [5.74, 6) is 0.628. The van der Waals surface area contributed by atoms with E-state index in [-0.39, 0.29) is 27.6 Å². The first-order chi connectivity index (χ1) is 18.3. The van der Waals surface area contributed by atoms with Crippen LogP contribution in [0.25, 0.3) is 0 Å². The van der Waals surface area contributed by atoms with Gasteiger partial charge >= 0.3 is 0 Å². The van der Waals surface area contributed by atoms with Gasteiger partial charge in [-0.25, -0.2) is 14.7 Å². The van der Waals surface area contributed by atoms with Crippen molar-refractivity contribution in [1.29, 1.82) is 0 Å². The monoisotopic (exact) mass is 547 g/mol. The normalized spacial score (nSPS) is 22.6. The molecular weight excluding hydrogens is 510 g/mol. The lowest BCUT2D eigenvalue weighted by molar-refractivity contribution is 0.0981. The van der Waals surface area contributed by atoms with Gasteiger partial charge in [-0.1, -0.05) is 57.2 Å². The van der Waals surface area contributed by atoms with Crippen LogP contribution in [-0.2, 0) is 15.4 Å². The number of carbonyl (C=O) groups is 1. The largest absolute Gasteiger partial charge is 0.363 e. The highest BCUT2D eigenvalue weighted by Crippen LogP contribution is 2.41. The van der Waals surface area contributed by atoms with Crippen LogP contribution in [0.2, 0.25) is 0 Å². The van der Waals surface area contributed by atoms with Crippen molar-refractivity contribution in [2.75, 3.05) is 16.8 Å². The molecule has 2 aromatic heterocycles. The first-order valence-corrected chi connectivity index (χ1v) is 15.0. The van der Waals surface area contributed by atoms with E-state index < -0.39 is 15.9 Å². The summed E-state index contributed by atoms with van der Waals surface area (Å²) in [6.07, 6.45) is 2.73. The predicted molar refractivity (Wildman–Crippen MR) is 153 cm³/mol. The highest BCUT2D eigenvalue weighted by Gasteiger charge is 2.41. The van der Waals surface area contributed by atoms with E-state index in [1.54, 1.807) is 18.2 Å². The minimum atomic E-state index is -4.23. The van der Waals surface area contributed by atoms with Gasteiger partial charge in [0.25, 0.3) is 15.9 Å². The molecule has 4 bridgehead atoms. The Morgan fingerprint density at radius 3 is 2.41 bits per heavy atom. The number of anilines is 2. The van der Waals surface area contributed by atoms with Crippen LogP contribution in [0.15, 0.2) is 65.7 Å². The first kappa shape index (κ1) is 27.1. The molecule has 0 radical (unpaired) electrons. The van der Waals surface area contributed by atoms with Crippen molar-refractivity contribution in [2.24, 2.45) is 5.92 Å². The molecule has 2 aliphatic heterocycles. The molecule has 5 rings (SSSR count). The van der Waals surface area contributed by atoms with Gasteiger partial charge in [0.05, 0.1) is 11.6 Å². The molecule has 9 heteroatoms. The van der Waals surface area contributed by atoms with Gasteiger partial charge in [-0.2, -0.15) is 8.42 Å². The lowest BCUT2D eigenvalue weighted by Crippen LogP contribution is -2.41. The summed E-state index contributed by atoms with van der Waals surface area (Å²) in [5, 5.41) is 3.24. The number of hydrogen-bond acceptors (Lipinski definition) is 7. The Kier molecular flexibility index (Phi) is 6.91. The molecule has 206 valence electrons. The fourth-order valence-electron chi connectivity index (χ4n) is 5.66. The molecule has 1 saturated heterocycles. The van der Waals surface area contributed by atoms with Gasteiger partial charge in [-0.05, 0) is 68.9 Å². The van der Waals surface area contributed by atoms with Crippen LogP contribution in [0.5, 0.6) is 0 Å². The van der Waals surface area contributed by atoms with Crippen molar-refractivity contribution in [3.8, 4) is 0 Å². The van der Waals surface area contributed by atoms with Crippen LogP contribution in [0.4, 0.5) is 11.6 Å². The van der Waals surface area contributed by atoms with Crippen molar-refractivity contribution >= 4 is 27.6 Å². The smallest absolute Gasteiger partial charge is 0.281 e. The summed E-state index contributed by atoms with van der Waals surface area (Å²) in [7, 11) is -4.23. The van der Waals surface area contributed by atoms with Gasteiger partial charge in [0.15, 0.2) is 5.03 Å². The molecule has 1 amide bonds. The molecule has 39 heavy (non-hydrogen) atoms. The highest BCUT2D eigenvalue weighted by molar-refractivity contribution is 7.90. The van der Waals surface area contributed by atoms with Crippen LogP contribution in [0, 0.1) is 5.92 Å². The van der Waals surface area contributed by atoms with E-state index in [2.05, 4.69) is 66.7 Å². The molecule has 2 atom stereocenters. The molecule has 1 fully saturated rings. The minimum absolute atomic E-state index is 0.0496. The predicted octanol–water partition coefficient (Wildman–Crippen LogP) is 5.44. The molecule has 4 heterocycles. The number of sulfonamides is 1. The number of rotatable bonds is 1. The Morgan fingerprint density at radius 1 is 0.949 bits per heavy atom. The summed E-state index contributed by atoms with van der Waals surface area (Å²) in [5.41, 5.74) is 1.70. The van der Waals surface area contributed by atoms with Crippen LogP contribution in [-0.4, -0.2) is 36.4 Å². The number of fused-ring (bicyclic) bond motifs is 6. The zero-order valence-corrected chi connectivity index (χ0v) is 24.0. The lowest BCUT2D eigenvalue weighted by Gasteiger charge is -2.34. The zero-order valence-electron chi connectivity index (χ0n) is 23.2. The Bertz CT molecular complexity index is 1480. The first-order valence-electron chi connectivity index (χ1n) is 13.5. The van der Waals surface area contributed by atoms with Crippen molar-refractivity contribution in [2.45, 2.75) is 75.9 Å². The number of amides is 1. The molecule has 2 N–H and O–H groups in total. The summed E-state index contributed by atoms with van der Waals surface area (Å²) < 4.78 is 28.9. The van der Waals surface area contributed by atoms with Crippen molar-refractivity contribution in [3.63, 3.8) is 0 Å². The van der Waals surface area contributed by atoms with Gasteiger partial charge in [-0.3, -0.25) is 4.79 Å². The fraction of sp³-hybridized carbons (Fsp3) is 0.433. The standard InChI is InChI=1S/C30H37N5O3S/c1-29(2,3)24-17-15-22-27(32-24)35-19-20(18-30(35,4)5)14-16-23(21-10-7-6-8-11-21)31-25-12-9-13-26(33-25)39(37,38)34-28(22)36/h6-13,15,17,20,23H,14,16,18-19H2,1-5H3,(H,31,33)(H,34,36)/t20-,23-/m0/s1. The van der Waals surface area contributed by atoms with E-state index in [1.165, 1.54) is 6.07 Å². The summed E-state index contributed by atoms with van der Waals surface area (Å²) in [6.45, 7) is 11.3. The minimum Gasteiger partial charge on any atom is -0.363 e. The van der Waals surface area contributed by atoms with Gasteiger partial charge in [-0.15, -0.1) is 0 Å².